The van der Waals surface area contributed by atoms with E-state index < -0.39 is 11.9 Å². The van der Waals surface area contributed by atoms with Crippen LogP contribution in [0.25, 0.3) is 22.1 Å². The molecule has 6 aromatic rings. The third kappa shape index (κ3) is 4.51. The minimum Gasteiger partial charge on any atom is -0.381 e. The van der Waals surface area contributed by atoms with Crippen molar-refractivity contribution in [1.82, 2.24) is 34.3 Å². The van der Waals surface area contributed by atoms with Crippen LogP contribution >= 0.6 is 0 Å². The molecule has 4 aromatic heterocycles. The Hall–Kier alpha value is -5.63. The van der Waals surface area contributed by atoms with E-state index in [0.29, 0.717) is 38.8 Å². The van der Waals surface area contributed by atoms with Gasteiger partial charge >= 0.3 is 0 Å². The van der Waals surface area contributed by atoms with Crippen LogP contribution in [0.4, 0.5) is 5.82 Å². The first-order valence-electron chi connectivity index (χ1n) is 12.8. The minimum atomic E-state index is -0.706. The fraction of sp³-hybridized carbons (Fsp3) is 0.100. The molecule has 3 N–H and O–H groups in total. The maximum atomic E-state index is 14.3. The average molecular weight is 538 g/mol. The Balaban J connectivity index is 1.52. The average Bonchev–Trinajstić information content (AvgIpc) is 3.55. The van der Waals surface area contributed by atoms with Crippen LogP contribution < -0.4 is 22.1 Å². The number of benzene rings is 2. The molecule has 11 heteroatoms. The summed E-state index contributed by atoms with van der Waals surface area (Å²) in [5, 5.41) is 12.2. The Labute approximate surface area is 235 Å². The molecule has 0 fully saturated rings. The van der Waals surface area contributed by atoms with Gasteiger partial charge in [0, 0.05) is 42.6 Å². The molecule has 1 unspecified atom stereocenters. The van der Waals surface area contributed by atoms with Crippen LogP contribution in [0.5, 0.6) is 0 Å². The second-order valence-electron chi connectivity index (χ2n) is 9.50. The lowest BCUT2D eigenvalue weighted by molar-refractivity contribution is 0.0941. The molecule has 0 aliphatic rings. The van der Waals surface area contributed by atoms with Gasteiger partial charge in [-0.1, -0.05) is 47.6 Å². The van der Waals surface area contributed by atoms with Crippen LogP contribution in [0.1, 0.15) is 40.1 Å². The molecule has 4 heterocycles. The van der Waals surface area contributed by atoms with Crippen molar-refractivity contribution in [2.75, 3.05) is 5.73 Å². The predicted octanol–water partition coefficient (Wildman–Crippen LogP) is 2.03. The molecule has 10 nitrogen and oxygen atoms in total. The van der Waals surface area contributed by atoms with E-state index in [1.165, 1.54) is 9.08 Å². The van der Waals surface area contributed by atoms with Gasteiger partial charge in [0.1, 0.15) is 13.4 Å². The maximum Gasteiger partial charge on any atom is 0.264 e. The van der Waals surface area contributed by atoms with Crippen molar-refractivity contribution in [2.24, 2.45) is 7.05 Å². The van der Waals surface area contributed by atoms with E-state index in [9.17, 15) is 9.59 Å². The van der Waals surface area contributed by atoms with E-state index in [1.807, 2.05) is 37.4 Å². The van der Waals surface area contributed by atoms with E-state index in [0.717, 1.165) is 5.56 Å². The van der Waals surface area contributed by atoms with Gasteiger partial charge in [-0.2, -0.15) is 5.10 Å². The Morgan fingerprint density at radius 2 is 1.90 bits per heavy atom. The highest BCUT2D eigenvalue weighted by molar-refractivity contribution is 6.40. The van der Waals surface area contributed by atoms with Crippen molar-refractivity contribution in [3.05, 3.63) is 112 Å². The molecule has 0 saturated heterocycles. The topological polar surface area (TPSA) is 125 Å². The van der Waals surface area contributed by atoms with Crippen LogP contribution in [0.2, 0.25) is 0 Å². The van der Waals surface area contributed by atoms with Crippen LogP contribution in [0.15, 0.2) is 84.2 Å². The highest BCUT2D eigenvalue weighted by Gasteiger charge is 2.25. The first kappa shape index (κ1) is 25.6. The number of carbonyl (C=O) groups excluding carboxylic acids is 1. The summed E-state index contributed by atoms with van der Waals surface area (Å²) >= 11 is 0. The Morgan fingerprint density at radius 3 is 2.66 bits per heavy atom. The van der Waals surface area contributed by atoms with Crippen molar-refractivity contribution in [1.29, 1.82) is 0 Å². The molecule has 1 amide bonds. The standard InChI is InChI=1S/C30H23BN8O2/c1-18(35-29(40)24-27(32)36-38-15-7-14-33-28(24)38)26-25(31)22-11-6-8-20(13-12-19-16-34-37(2)17-19)23(22)30(41)39(26)21-9-4-3-5-10-21/h3-11,14-18H,1-2H3,(H2,32,36)(H,35,40). The second kappa shape index (κ2) is 10.2. The Bertz CT molecular complexity index is 2080. The van der Waals surface area contributed by atoms with Gasteiger partial charge in [-0.25, -0.2) is 9.50 Å². The Kier molecular flexibility index (Phi) is 6.36. The normalized spacial score (nSPS) is 11.8. The third-order valence-electron chi connectivity index (χ3n) is 6.76. The van der Waals surface area contributed by atoms with Crippen molar-refractivity contribution in [3.63, 3.8) is 0 Å². The first-order chi connectivity index (χ1) is 19.8. The maximum absolute atomic E-state index is 14.3. The largest absolute Gasteiger partial charge is 0.381 e. The molecule has 0 bridgehead atoms. The number of aryl methyl sites for hydroxylation is 1. The number of aromatic nitrogens is 6. The fourth-order valence-corrected chi connectivity index (χ4v) is 4.94. The second-order valence-corrected chi connectivity index (χ2v) is 9.50. The molecule has 2 radical (unpaired) electrons. The van der Waals surface area contributed by atoms with Crippen molar-refractivity contribution in [2.45, 2.75) is 13.0 Å². The zero-order chi connectivity index (χ0) is 28.7. The fourth-order valence-electron chi connectivity index (χ4n) is 4.94. The first-order valence-corrected chi connectivity index (χ1v) is 12.8. The van der Waals surface area contributed by atoms with E-state index in [2.05, 4.69) is 32.3 Å². The molecule has 0 spiro atoms. The summed E-state index contributed by atoms with van der Waals surface area (Å²) in [5.74, 6) is 5.73. The molecule has 6 rings (SSSR count). The summed E-state index contributed by atoms with van der Waals surface area (Å²) < 4.78 is 4.62. The van der Waals surface area contributed by atoms with Crippen LogP contribution in [0.3, 0.4) is 0 Å². The number of para-hydroxylation sites is 1. The molecule has 0 saturated carbocycles. The number of anilines is 1. The number of nitrogens with one attached hydrogen (secondary N) is 1. The number of pyridine rings is 1. The predicted molar refractivity (Wildman–Crippen MR) is 157 cm³/mol. The monoisotopic (exact) mass is 538 g/mol. The SMILES string of the molecule is [B]c1c(C(C)NC(=O)c2c(N)nn3cccnc23)n(-c2ccccc2)c(=O)c2c(C#Cc3cnn(C)c3)cccc12. The molecule has 41 heavy (non-hydrogen) atoms. The lowest BCUT2D eigenvalue weighted by atomic mass is 9.85. The van der Waals surface area contributed by atoms with Crippen LogP contribution in [0, 0.1) is 11.8 Å². The minimum absolute atomic E-state index is 0.0390. The summed E-state index contributed by atoms with van der Waals surface area (Å²) in [4.78, 5) is 32.0. The number of nitrogens with zero attached hydrogens (tertiary/aromatic N) is 6. The third-order valence-corrected chi connectivity index (χ3v) is 6.76. The molecule has 1 atom stereocenters. The van der Waals surface area contributed by atoms with Crippen LogP contribution in [-0.2, 0) is 7.05 Å². The van der Waals surface area contributed by atoms with E-state index in [1.54, 1.807) is 60.7 Å². The quantitative estimate of drug-likeness (QED) is 0.262. The van der Waals surface area contributed by atoms with E-state index in [-0.39, 0.29) is 16.9 Å². The zero-order valence-corrected chi connectivity index (χ0v) is 22.2. The molecule has 198 valence electrons. The zero-order valence-electron chi connectivity index (χ0n) is 22.2. The van der Waals surface area contributed by atoms with Gasteiger partial charge in [-0.05, 0) is 36.6 Å². The van der Waals surface area contributed by atoms with E-state index in [4.69, 9.17) is 13.6 Å². The molecular weight excluding hydrogens is 515 g/mol. The van der Waals surface area contributed by atoms with Gasteiger partial charge in [0.25, 0.3) is 11.5 Å². The number of amides is 1. The lowest BCUT2D eigenvalue weighted by Gasteiger charge is -2.24. The number of rotatable bonds is 4. The molecular formula is C30H23BN8O2. The highest BCUT2D eigenvalue weighted by atomic mass is 16.2. The molecule has 0 aliphatic carbocycles. The molecule has 0 aliphatic heterocycles. The number of fused-ring (bicyclic) bond motifs is 2. The van der Waals surface area contributed by atoms with Gasteiger partial charge < -0.3 is 11.1 Å². The summed E-state index contributed by atoms with van der Waals surface area (Å²) in [5.41, 5.74) is 8.81. The van der Waals surface area contributed by atoms with Crippen molar-refractivity contribution >= 4 is 41.5 Å². The van der Waals surface area contributed by atoms with E-state index >= 15 is 0 Å². The summed E-state index contributed by atoms with van der Waals surface area (Å²) in [6, 6.07) is 15.5. The smallest absolute Gasteiger partial charge is 0.264 e. The van der Waals surface area contributed by atoms with Gasteiger partial charge in [-0.15, -0.1) is 5.10 Å². The summed E-state index contributed by atoms with van der Waals surface area (Å²) in [6.45, 7) is 1.76. The van der Waals surface area contributed by atoms with Gasteiger partial charge in [0.2, 0.25) is 0 Å². The Morgan fingerprint density at radius 1 is 1.10 bits per heavy atom. The number of nitrogen functional groups attached to an aromatic ring is 1. The van der Waals surface area contributed by atoms with Gasteiger partial charge in [-0.3, -0.25) is 18.8 Å². The van der Waals surface area contributed by atoms with Gasteiger partial charge in [0.15, 0.2) is 11.5 Å². The van der Waals surface area contributed by atoms with Crippen LogP contribution in [-0.4, -0.2) is 42.7 Å². The highest BCUT2D eigenvalue weighted by Crippen LogP contribution is 2.23. The van der Waals surface area contributed by atoms with Crippen molar-refractivity contribution in [3.8, 4) is 17.5 Å². The number of nitrogens with two attached hydrogens (primary N) is 1. The lowest BCUT2D eigenvalue weighted by Crippen LogP contribution is -2.38. The summed E-state index contributed by atoms with van der Waals surface area (Å²) in [7, 11) is 8.61. The molecule has 2 aromatic carbocycles. The van der Waals surface area contributed by atoms with Crippen molar-refractivity contribution < 1.29 is 4.79 Å². The number of carbonyl (C=O) groups is 1. The summed E-state index contributed by atoms with van der Waals surface area (Å²) in [6.07, 6.45) is 6.66. The number of hydrogen-bond acceptors (Lipinski definition) is 6. The number of hydrogen-bond donors (Lipinski definition) is 2. The van der Waals surface area contributed by atoms with Gasteiger partial charge in [0.05, 0.1) is 23.2 Å².